The van der Waals surface area contributed by atoms with E-state index < -0.39 is 48.3 Å². The number of carboxylic acids is 2. The molecular weight excluding hydrogens is 290 g/mol. The van der Waals surface area contributed by atoms with E-state index in [-0.39, 0.29) is 5.75 Å². The third-order valence-corrected chi connectivity index (χ3v) is 2.67. The third kappa shape index (κ3) is 6.38. The van der Waals surface area contributed by atoms with Gasteiger partial charge in [-0.05, 0) is 6.92 Å². The minimum absolute atomic E-state index is 0.0803. The number of carboxylic acid groups (broad SMARTS) is 2. The predicted octanol–water partition coefficient (Wildman–Crippen LogP) is -2.21. The number of carbonyl (C=O) groups is 4. The van der Waals surface area contributed by atoms with Crippen molar-refractivity contribution in [2.24, 2.45) is 5.73 Å². The summed E-state index contributed by atoms with van der Waals surface area (Å²) in [6, 6.07) is -3.52. The van der Waals surface area contributed by atoms with E-state index in [2.05, 4.69) is 17.9 Å². The van der Waals surface area contributed by atoms with Crippen LogP contribution in [0.25, 0.3) is 0 Å². The van der Waals surface area contributed by atoms with Crippen molar-refractivity contribution in [2.75, 3.05) is 5.75 Å². The van der Waals surface area contributed by atoms with Gasteiger partial charge >= 0.3 is 11.9 Å². The van der Waals surface area contributed by atoms with Gasteiger partial charge in [0.15, 0.2) is 0 Å². The molecule has 0 rings (SSSR count). The summed E-state index contributed by atoms with van der Waals surface area (Å²) in [5.41, 5.74) is 5.39. The molecule has 0 aliphatic heterocycles. The number of hydrogen-bond donors (Lipinski definition) is 6. The molecule has 0 aliphatic rings. The fraction of sp³-hybridized carbons (Fsp3) is 0.600. The van der Waals surface area contributed by atoms with Crippen molar-refractivity contribution in [1.82, 2.24) is 10.6 Å². The molecule has 3 atom stereocenters. The summed E-state index contributed by atoms with van der Waals surface area (Å²) in [4.78, 5) is 44.3. The molecule has 0 radical (unpaired) electrons. The van der Waals surface area contributed by atoms with Gasteiger partial charge in [0.2, 0.25) is 11.8 Å². The highest BCUT2D eigenvalue weighted by Crippen LogP contribution is 1.95. The number of carbonyl (C=O) groups excluding carboxylic acids is 2. The summed E-state index contributed by atoms with van der Waals surface area (Å²) < 4.78 is 0. The van der Waals surface area contributed by atoms with Crippen molar-refractivity contribution >= 4 is 36.4 Å². The van der Waals surface area contributed by atoms with Crippen molar-refractivity contribution in [2.45, 2.75) is 31.5 Å². The fourth-order valence-corrected chi connectivity index (χ4v) is 1.31. The Morgan fingerprint density at radius 1 is 1.15 bits per heavy atom. The first-order valence-corrected chi connectivity index (χ1v) is 6.24. The molecule has 3 unspecified atom stereocenters. The van der Waals surface area contributed by atoms with Crippen molar-refractivity contribution in [3.8, 4) is 0 Å². The van der Waals surface area contributed by atoms with Crippen LogP contribution in [0.1, 0.15) is 13.3 Å². The van der Waals surface area contributed by atoms with E-state index in [9.17, 15) is 19.2 Å². The maximum Gasteiger partial charge on any atom is 0.326 e. The van der Waals surface area contributed by atoms with E-state index in [1.54, 1.807) is 0 Å². The van der Waals surface area contributed by atoms with Gasteiger partial charge in [0, 0.05) is 5.75 Å². The Labute approximate surface area is 120 Å². The van der Waals surface area contributed by atoms with Gasteiger partial charge in [-0.2, -0.15) is 12.6 Å². The summed E-state index contributed by atoms with van der Waals surface area (Å²) in [7, 11) is 0. The maximum absolute atomic E-state index is 11.6. The number of nitrogens with one attached hydrogen (secondary N) is 2. The Morgan fingerprint density at radius 3 is 2.10 bits per heavy atom. The van der Waals surface area contributed by atoms with Gasteiger partial charge in [0.25, 0.3) is 0 Å². The number of aliphatic carboxylic acids is 2. The summed E-state index contributed by atoms with van der Waals surface area (Å²) >= 11 is 3.82. The highest BCUT2D eigenvalue weighted by atomic mass is 32.1. The van der Waals surface area contributed by atoms with Crippen LogP contribution >= 0.6 is 12.6 Å². The summed E-state index contributed by atoms with van der Waals surface area (Å²) in [6.45, 7) is 1.32. The zero-order chi connectivity index (χ0) is 15.9. The van der Waals surface area contributed by atoms with E-state index in [1.807, 2.05) is 5.32 Å². The first kappa shape index (κ1) is 18.2. The van der Waals surface area contributed by atoms with Gasteiger partial charge in [-0.1, -0.05) is 0 Å². The van der Waals surface area contributed by atoms with Crippen LogP contribution in [-0.2, 0) is 19.2 Å². The lowest BCUT2D eigenvalue weighted by atomic mass is 10.2. The van der Waals surface area contributed by atoms with Crippen LogP contribution in [0.3, 0.4) is 0 Å². The van der Waals surface area contributed by atoms with Crippen LogP contribution in [-0.4, -0.2) is 57.8 Å². The van der Waals surface area contributed by atoms with Crippen molar-refractivity contribution in [3.05, 3.63) is 0 Å². The molecule has 0 fully saturated rings. The Kier molecular flexibility index (Phi) is 7.62. The van der Waals surface area contributed by atoms with Crippen LogP contribution < -0.4 is 16.4 Å². The summed E-state index contributed by atoms with van der Waals surface area (Å²) in [6.07, 6.45) is -0.766. The normalized spacial score (nSPS) is 14.8. The molecule has 20 heavy (non-hydrogen) atoms. The minimum atomic E-state index is -1.57. The molecule has 0 aliphatic carbocycles. The van der Waals surface area contributed by atoms with Crippen molar-refractivity contribution < 1.29 is 29.4 Å². The molecule has 0 saturated heterocycles. The van der Waals surface area contributed by atoms with Gasteiger partial charge in [0.05, 0.1) is 12.5 Å². The van der Waals surface area contributed by atoms with Crippen LogP contribution in [0.15, 0.2) is 0 Å². The minimum Gasteiger partial charge on any atom is -0.481 e. The summed E-state index contributed by atoms with van der Waals surface area (Å²) in [5, 5.41) is 21.6. The molecule has 0 heterocycles. The largest absolute Gasteiger partial charge is 0.481 e. The average molecular weight is 307 g/mol. The summed E-state index contributed by atoms with van der Waals surface area (Å²) in [5.74, 6) is -4.21. The number of amides is 2. The first-order valence-electron chi connectivity index (χ1n) is 5.60. The molecule has 9 nitrogen and oxygen atoms in total. The Morgan fingerprint density at radius 2 is 1.70 bits per heavy atom. The molecule has 0 saturated carbocycles. The van der Waals surface area contributed by atoms with Gasteiger partial charge in [0.1, 0.15) is 12.1 Å². The van der Waals surface area contributed by atoms with Gasteiger partial charge in [-0.15, -0.1) is 0 Å². The molecule has 0 aromatic rings. The fourth-order valence-electron chi connectivity index (χ4n) is 1.14. The topological polar surface area (TPSA) is 159 Å². The standard InChI is InChI=1S/C10H17N3O6S/c1-4(12-9(17)5(11)3-20)8(16)13-6(10(18)19)2-7(14)15/h4-6,20H,2-3,11H2,1H3,(H,12,17)(H,13,16)(H,14,15)(H,18,19). The molecule has 0 aromatic carbocycles. The van der Waals surface area contributed by atoms with E-state index in [0.717, 1.165) is 0 Å². The highest BCUT2D eigenvalue weighted by molar-refractivity contribution is 7.80. The number of thiol groups is 1. The third-order valence-electron chi connectivity index (χ3n) is 2.28. The smallest absolute Gasteiger partial charge is 0.326 e. The predicted molar refractivity (Wildman–Crippen MR) is 71.3 cm³/mol. The van der Waals surface area contributed by atoms with Crippen molar-refractivity contribution in [3.63, 3.8) is 0 Å². The lowest BCUT2D eigenvalue weighted by Gasteiger charge is -2.19. The molecule has 10 heteroatoms. The van der Waals surface area contributed by atoms with E-state index in [4.69, 9.17) is 15.9 Å². The second-order valence-electron chi connectivity index (χ2n) is 4.02. The number of nitrogens with two attached hydrogens (primary N) is 1. The van der Waals surface area contributed by atoms with Gasteiger partial charge in [-0.3, -0.25) is 14.4 Å². The molecule has 0 spiro atoms. The Hall–Kier alpha value is -1.81. The van der Waals surface area contributed by atoms with E-state index in [1.165, 1.54) is 6.92 Å². The van der Waals surface area contributed by atoms with Gasteiger partial charge in [-0.25, -0.2) is 4.79 Å². The molecule has 2 amide bonds. The van der Waals surface area contributed by atoms with Crippen molar-refractivity contribution in [1.29, 1.82) is 0 Å². The molecule has 0 bridgehead atoms. The zero-order valence-electron chi connectivity index (χ0n) is 10.7. The zero-order valence-corrected chi connectivity index (χ0v) is 11.6. The number of rotatable bonds is 8. The molecule has 114 valence electrons. The Bertz CT molecular complexity index is 402. The quantitative estimate of drug-likeness (QED) is 0.277. The van der Waals surface area contributed by atoms with Crippen LogP contribution in [0.2, 0.25) is 0 Å². The molecular formula is C10H17N3O6S. The second-order valence-corrected chi connectivity index (χ2v) is 4.38. The Balaban J connectivity index is 4.53. The van der Waals surface area contributed by atoms with Gasteiger partial charge < -0.3 is 26.6 Å². The highest BCUT2D eigenvalue weighted by Gasteiger charge is 2.26. The lowest BCUT2D eigenvalue weighted by Crippen LogP contribution is -2.53. The monoisotopic (exact) mass is 307 g/mol. The molecule has 0 aromatic heterocycles. The van der Waals surface area contributed by atoms with Crippen LogP contribution in [0.4, 0.5) is 0 Å². The lowest BCUT2D eigenvalue weighted by molar-refractivity contribution is -0.147. The number of hydrogen-bond acceptors (Lipinski definition) is 6. The second kappa shape index (κ2) is 8.38. The van der Waals surface area contributed by atoms with Crippen LogP contribution in [0, 0.1) is 0 Å². The first-order chi connectivity index (χ1) is 9.18. The van der Waals surface area contributed by atoms with E-state index in [0.29, 0.717) is 0 Å². The van der Waals surface area contributed by atoms with Crippen LogP contribution in [0.5, 0.6) is 0 Å². The average Bonchev–Trinajstić information content (AvgIpc) is 2.35. The maximum atomic E-state index is 11.6. The van der Waals surface area contributed by atoms with E-state index >= 15 is 0 Å². The SMILES string of the molecule is CC(NC(=O)C(N)CS)C(=O)NC(CC(=O)O)C(=O)O. The molecule has 6 N–H and O–H groups in total.